The van der Waals surface area contributed by atoms with Gasteiger partial charge in [0.25, 0.3) is 0 Å². The second-order valence-electron chi connectivity index (χ2n) is 7.72. The van der Waals surface area contributed by atoms with Crippen LogP contribution in [0.25, 0.3) is 22.3 Å². The topological polar surface area (TPSA) is 84.7 Å². The number of piperidine rings is 1. The summed E-state index contributed by atoms with van der Waals surface area (Å²) in [4.78, 5) is 19.8. The molecule has 1 saturated heterocycles. The molecule has 7 nitrogen and oxygen atoms in total. The molecule has 5 rings (SSSR count). The van der Waals surface area contributed by atoms with Crippen LogP contribution >= 0.6 is 0 Å². The van der Waals surface area contributed by atoms with Crippen molar-refractivity contribution in [2.75, 3.05) is 18.4 Å². The summed E-state index contributed by atoms with van der Waals surface area (Å²) in [5.41, 5.74) is 0.604. The van der Waals surface area contributed by atoms with Crippen molar-refractivity contribution in [3.63, 3.8) is 0 Å². The van der Waals surface area contributed by atoms with Crippen LogP contribution in [0.5, 0.6) is 0 Å². The molecule has 162 valence electrons. The second-order valence-corrected chi connectivity index (χ2v) is 7.72. The van der Waals surface area contributed by atoms with Gasteiger partial charge in [-0.3, -0.25) is 9.48 Å². The highest BCUT2D eigenvalue weighted by Gasteiger charge is 2.47. The number of hydrogen-bond donors (Lipinski definition) is 2. The summed E-state index contributed by atoms with van der Waals surface area (Å²) in [6.45, 7) is 0.791. The van der Waals surface area contributed by atoms with E-state index in [1.807, 2.05) is 0 Å². The summed E-state index contributed by atoms with van der Waals surface area (Å²) >= 11 is 0. The Morgan fingerprint density at radius 3 is 2.71 bits per heavy atom. The van der Waals surface area contributed by atoms with Crippen LogP contribution in [-0.2, 0) is 4.79 Å². The number of fused-ring (bicyclic) bond motifs is 2. The number of anilines is 1. The van der Waals surface area contributed by atoms with Crippen molar-refractivity contribution in [2.24, 2.45) is 0 Å². The molecule has 0 radical (unpaired) electrons. The van der Waals surface area contributed by atoms with E-state index < -0.39 is 36.6 Å². The van der Waals surface area contributed by atoms with Gasteiger partial charge in [0.15, 0.2) is 0 Å². The summed E-state index contributed by atoms with van der Waals surface area (Å²) in [7, 11) is 0. The first kappa shape index (κ1) is 19.9. The predicted octanol–water partition coefficient (Wildman–Crippen LogP) is 3.35. The largest absolute Gasteiger partial charge is 0.396 e. The molecule has 1 fully saturated rings. The minimum atomic E-state index is -4.66. The highest BCUT2D eigenvalue weighted by Crippen LogP contribution is 2.46. The predicted molar refractivity (Wildman–Crippen MR) is 104 cm³/mol. The lowest BCUT2D eigenvalue weighted by atomic mass is 9.89. The lowest BCUT2D eigenvalue weighted by Crippen LogP contribution is -2.39. The Labute approximate surface area is 173 Å². The SMILES string of the molecule is O=C1C[C@@H](C(F)(F)F)c2c(ncnc2-c2nn([C@H]3CCNC[C@H]3F)c3ccccc23)N1. The lowest BCUT2D eigenvalue weighted by molar-refractivity contribution is -0.156. The Hall–Kier alpha value is -3.08. The number of para-hydroxylation sites is 1. The lowest BCUT2D eigenvalue weighted by Gasteiger charge is -2.28. The zero-order valence-electron chi connectivity index (χ0n) is 16.2. The Balaban J connectivity index is 1.73. The highest BCUT2D eigenvalue weighted by molar-refractivity contribution is 5.98. The summed E-state index contributed by atoms with van der Waals surface area (Å²) in [5.74, 6) is -2.98. The number of halogens is 4. The number of nitrogens with zero attached hydrogens (tertiary/aromatic N) is 4. The van der Waals surface area contributed by atoms with E-state index >= 15 is 0 Å². The van der Waals surface area contributed by atoms with Gasteiger partial charge >= 0.3 is 6.18 Å². The molecule has 31 heavy (non-hydrogen) atoms. The molecule has 3 aromatic rings. The fraction of sp³-hybridized carbons (Fsp3) is 0.400. The molecule has 4 heterocycles. The van der Waals surface area contributed by atoms with Crippen LogP contribution in [-0.4, -0.2) is 51.1 Å². The van der Waals surface area contributed by atoms with E-state index in [1.54, 1.807) is 28.9 Å². The number of hydrogen-bond acceptors (Lipinski definition) is 5. The molecule has 0 bridgehead atoms. The van der Waals surface area contributed by atoms with Gasteiger partial charge in [0.05, 0.1) is 17.5 Å². The molecule has 1 amide bonds. The molecule has 2 N–H and O–H groups in total. The average molecular weight is 434 g/mol. The van der Waals surface area contributed by atoms with Gasteiger partial charge in [-0.15, -0.1) is 0 Å². The number of aromatic nitrogens is 4. The van der Waals surface area contributed by atoms with Crippen LogP contribution in [0.4, 0.5) is 23.4 Å². The van der Waals surface area contributed by atoms with Crippen LogP contribution in [0.3, 0.4) is 0 Å². The summed E-state index contributed by atoms with van der Waals surface area (Å²) in [5, 5.41) is 10.5. The Bertz CT molecular complexity index is 1160. The number of nitrogens with one attached hydrogen (secondary N) is 2. The van der Waals surface area contributed by atoms with E-state index in [4.69, 9.17) is 0 Å². The van der Waals surface area contributed by atoms with Crippen molar-refractivity contribution < 1.29 is 22.4 Å². The maximum absolute atomic E-state index is 14.7. The minimum absolute atomic E-state index is 0.00776. The molecule has 2 aliphatic rings. The number of amides is 1. The van der Waals surface area contributed by atoms with Crippen molar-refractivity contribution in [3.05, 3.63) is 36.2 Å². The van der Waals surface area contributed by atoms with Crippen LogP contribution in [0, 0.1) is 0 Å². The summed E-state index contributed by atoms with van der Waals surface area (Å²) in [6, 6.07) is 6.45. The fourth-order valence-electron chi connectivity index (χ4n) is 4.36. The molecule has 2 aromatic heterocycles. The molecule has 0 unspecified atom stereocenters. The molecule has 0 spiro atoms. The van der Waals surface area contributed by atoms with E-state index in [1.165, 1.54) is 0 Å². The number of carbonyl (C=O) groups is 1. The summed E-state index contributed by atoms with van der Waals surface area (Å²) in [6.07, 6.45) is -5.01. The monoisotopic (exact) mass is 434 g/mol. The summed E-state index contributed by atoms with van der Waals surface area (Å²) < 4.78 is 57.7. The Kier molecular flexibility index (Phi) is 4.65. The van der Waals surface area contributed by atoms with E-state index in [2.05, 4.69) is 25.7 Å². The molecule has 0 aliphatic carbocycles. The molecule has 1 aromatic carbocycles. The Morgan fingerprint density at radius 1 is 1.13 bits per heavy atom. The third-order valence-electron chi connectivity index (χ3n) is 5.80. The van der Waals surface area contributed by atoms with Crippen LogP contribution < -0.4 is 10.6 Å². The Morgan fingerprint density at radius 2 is 1.94 bits per heavy atom. The highest BCUT2D eigenvalue weighted by atomic mass is 19.4. The molecular weight excluding hydrogens is 416 g/mol. The van der Waals surface area contributed by atoms with Crippen molar-refractivity contribution in [2.45, 2.75) is 37.1 Å². The number of rotatable bonds is 2. The quantitative estimate of drug-likeness (QED) is 0.605. The van der Waals surface area contributed by atoms with Crippen LogP contribution in [0.2, 0.25) is 0 Å². The standard InChI is InChI=1S/C20H18F4N6O/c21-12-8-25-6-5-14(12)30-13-4-2-1-3-10(13)17(29-30)18-16-11(20(22,23)24)7-15(31)28-19(16)27-9-26-18/h1-4,9,11-12,14,25H,5-8H2,(H,26,27,28,31)/t11-,12-,14+/m1/s1. The van der Waals surface area contributed by atoms with E-state index in [0.29, 0.717) is 23.9 Å². The third kappa shape index (κ3) is 3.32. The van der Waals surface area contributed by atoms with Gasteiger partial charge in [-0.05, 0) is 19.0 Å². The van der Waals surface area contributed by atoms with Crippen molar-refractivity contribution in [1.82, 2.24) is 25.1 Å². The van der Waals surface area contributed by atoms with Crippen molar-refractivity contribution >= 4 is 22.6 Å². The van der Waals surface area contributed by atoms with Crippen molar-refractivity contribution in [1.29, 1.82) is 0 Å². The minimum Gasteiger partial charge on any atom is -0.314 e. The smallest absolute Gasteiger partial charge is 0.314 e. The van der Waals surface area contributed by atoms with Gasteiger partial charge in [-0.2, -0.15) is 18.3 Å². The first-order chi connectivity index (χ1) is 14.8. The maximum atomic E-state index is 14.7. The van der Waals surface area contributed by atoms with Gasteiger partial charge in [-0.1, -0.05) is 18.2 Å². The van der Waals surface area contributed by atoms with Crippen LogP contribution in [0.1, 0.15) is 30.4 Å². The van der Waals surface area contributed by atoms with E-state index in [9.17, 15) is 22.4 Å². The molecule has 11 heteroatoms. The number of benzene rings is 1. The molecule has 0 saturated carbocycles. The van der Waals surface area contributed by atoms with Crippen molar-refractivity contribution in [3.8, 4) is 11.4 Å². The van der Waals surface area contributed by atoms with E-state index in [0.717, 1.165) is 6.33 Å². The molecule has 3 atom stereocenters. The number of carbonyl (C=O) groups excluding carboxylic acids is 1. The first-order valence-corrected chi connectivity index (χ1v) is 9.88. The van der Waals surface area contributed by atoms with Gasteiger partial charge in [0.2, 0.25) is 5.91 Å². The zero-order valence-corrected chi connectivity index (χ0v) is 16.2. The van der Waals surface area contributed by atoms with Gasteiger partial charge in [0.1, 0.15) is 29.7 Å². The van der Waals surface area contributed by atoms with Gasteiger partial charge < -0.3 is 10.6 Å². The normalized spacial score (nSPS) is 24.1. The first-order valence-electron chi connectivity index (χ1n) is 9.88. The number of alkyl halides is 4. The van der Waals surface area contributed by atoms with Gasteiger partial charge in [-0.25, -0.2) is 14.4 Å². The van der Waals surface area contributed by atoms with Crippen LogP contribution in [0.15, 0.2) is 30.6 Å². The zero-order chi connectivity index (χ0) is 21.8. The second kappa shape index (κ2) is 7.26. The third-order valence-corrected chi connectivity index (χ3v) is 5.80. The average Bonchev–Trinajstić information content (AvgIpc) is 3.11. The maximum Gasteiger partial charge on any atom is 0.396 e. The molecular formula is C20H18F4N6O. The van der Waals surface area contributed by atoms with E-state index in [-0.39, 0.29) is 29.3 Å². The fourth-order valence-corrected chi connectivity index (χ4v) is 4.36. The molecule has 2 aliphatic heterocycles. The van der Waals surface area contributed by atoms with Gasteiger partial charge in [0, 0.05) is 23.9 Å².